The van der Waals surface area contributed by atoms with E-state index in [4.69, 9.17) is 67.6 Å². The standard InChI is InChI=1S/C55H108N3O21P7/c1-39-20-52(25-45(75-39)33-68-80(9,59)51-16-18-66-44(24-51)32-73-85(14,64)56(6)7)81(10,60)69-34-46-26-53(21-40(2)76-46)82(11,61)70-35-47-27-54(22-41(3)77-47)83(12,62)71-36-48-28-55(23-42(4)78-48)84(13,63)72-37-49-31-58(17-19-67-49)86(15,65)74-38-50-30-57(8)29-43(5)79-50/h39-55H,16-38H2,1-15H3/t39-,40-,41-,42-,43-,44-,45-,46-,47-,48-,49-,50-,51?,52?,53?,54?,55?,80?,81?,82?,83?,84?,85?,86?/m0/s1/i18T,19T/t18-,19+,39-,40-,41-,42-,43-,44-,45-,46-,47-,48-,49-,50-,51?,52?,53?,54?,55?,80?,81?,82?,83?,84?,85?,86?. The van der Waals surface area contributed by atoms with Gasteiger partial charge < -0.3 is 69.7 Å². The molecule has 7 saturated heterocycles. The number of nitrogens with zero attached hydrogens (tertiary/aromatic N) is 3. The van der Waals surface area contributed by atoms with E-state index in [1.807, 2.05) is 41.7 Å². The van der Waals surface area contributed by atoms with Crippen LogP contribution in [0.15, 0.2) is 0 Å². The fourth-order valence-corrected chi connectivity index (χ4v) is 24.6. The van der Waals surface area contributed by atoms with Crippen LogP contribution < -0.4 is 0 Å². The van der Waals surface area contributed by atoms with Crippen molar-refractivity contribution >= 4 is 51.9 Å². The smallest absolute Gasteiger partial charge is 0.269 e. The largest absolute Gasteiger partial charge is 0.376 e. The number of morpholine rings is 2. The van der Waals surface area contributed by atoms with Crippen molar-refractivity contribution in [1.82, 2.24) is 14.2 Å². The van der Waals surface area contributed by atoms with Gasteiger partial charge in [0.05, 0.1) is 129 Å². The highest BCUT2D eigenvalue weighted by molar-refractivity contribution is 7.60. The van der Waals surface area contributed by atoms with E-state index in [0.29, 0.717) is 64.3 Å². The van der Waals surface area contributed by atoms with Crippen LogP contribution in [0.2, 0.25) is 0 Å². The maximum absolute atomic E-state index is 14.5. The predicted octanol–water partition coefficient (Wildman–Crippen LogP) is 10.6. The zero-order valence-corrected chi connectivity index (χ0v) is 60.1. The predicted molar refractivity (Wildman–Crippen MR) is 335 cm³/mol. The molecule has 0 saturated carbocycles. The van der Waals surface area contributed by atoms with Gasteiger partial charge in [0, 0.05) is 108 Å². The quantitative estimate of drug-likeness (QED) is 0.0659. The van der Waals surface area contributed by atoms with E-state index in [-0.39, 0.29) is 125 Å². The third kappa shape index (κ3) is 22.0. The van der Waals surface area contributed by atoms with Crippen molar-refractivity contribution in [3.8, 4) is 0 Å². The van der Waals surface area contributed by atoms with Crippen molar-refractivity contribution in [1.29, 1.82) is 0 Å². The summed E-state index contributed by atoms with van der Waals surface area (Å²) in [6.45, 7) is 20.6. The Morgan fingerprint density at radius 1 is 0.407 bits per heavy atom. The van der Waals surface area contributed by atoms with Crippen LogP contribution in [0.1, 0.15) is 102 Å². The first-order chi connectivity index (χ1) is 40.8. The van der Waals surface area contributed by atoms with E-state index in [9.17, 15) is 32.0 Å². The minimum Gasteiger partial charge on any atom is -0.376 e. The Morgan fingerprint density at radius 2 is 0.744 bits per heavy atom. The van der Waals surface area contributed by atoms with Crippen LogP contribution in [-0.2, 0) is 96.8 Å². The van der Waals surface area contributed by atoms with Crippen LogP contribution in [0.5, 0.6) is 0 Å². The maximum Gasteiger partial charge on any atom is 0.269 e. The van der Waals surface area contributed by atoms with E-state index in [1.165, 1.54) is 11.3 Å². The molecule has 0 N–H and O–H groups in total. The molecule has 0 aromatic carbocycles. The summed E-state index contributed by atoms with van der Waals surface area (Å²) in [4.78, 5) is 2.15. The van der Waals surface area contributed by atoms with Gasteiger partial charge in [-0.1, -0.05) is 0 Å². The summed E-state index contributed by atoms with van der Waals surface area (Å²) in [5.74, 6) is 0. The number of hydrogen-bond acceptors (Lipinski definition) is 22. The molecule has 0 aromatic heterocycles. The highest BCUT2D eigenvalue weighted by atomic mass is 31.2. The third-order valence-electron chi connectivity index (χ3n) is 18.1. The first kappa shape index (κ1) is 71.2. The maximum atomic E-state index is 14.5. The van der Waals surface area contributed by atoms with Gasteiger partial charge in [-0.3, -0.25) is 32.0 Å². The second kappa shape index (κ2) is 31.7. The Morgan fingerprint density at radius 3 is 1.14 bits per heavy atom. The number of rotatable bonds is 28. The lowest BCUT2D eigenvalue weighted by Crippen LogP contribution is -2.47. The molecular formula is C55H108N3O21P7. The summed E-state index contributed by atoms with van der Waals surface area (Å²) in [6.07, 6.45) is -0.744. The topological polar surface area (TPSA) is 258 Å². The van der Waals surface area contributed by atoms with Crippen LogP contribution in [0, 0.1) is 0 Å². The van der Waals surface area contributed by atoms with Gasteiger partial charge in [0.1, 0.15) is 0 Å². The monoisotopic (exact) mass is 1370 g/mol. The average Bonchev–Trinajstić information content (AvgIpc) is 3.58. The molecule has 0 amide bonds. The fourth-order valence-electron chi connectivity index (χ4n) is 12.8. The summed E-state index contributed by atoms with van der Waals surface area (Å²) in [5, 5.41) is 0. The van der Waals surface area contributed by atoms with Gasteiger partial charge in [-0.25, -0.2) is 9.34 Å². The van der Waals surface area contributed by atoms with Gasteiger partial charge in [0.25, 0.3) is 15.0 Å². The van der Waals surface area contributed by atoms with E-state index < -0.39 is 107 Å². The molecule has 7 heterocycles. The van der Waals surface area contributed by atoms with Gasteiger partial charge >= 0.3 is 0 Å². The van der Waals surface area contributed by atoms with Gasteiger partial charge in [-0.2, -0.15) is 0 Å². The Balaban J connectivity index is 0.844. The second-order valence-corrected chi connectivity index (χ2v) is 45.6. The molecular weight excluding hydrogens is 1260 g/mol. The summed E-state index contributed by atoms with van der Waals surface area (Å²) in [5.41, 5.74) is -2.00. The Hall–Kier alpha value is 0.930. The minimum absolute atomic E-state index is 0.00115. The molecule has 26 atom stereocenters. The van der Waals surface area contributed by atoms with Crippen LogP contribution in [0.3, 0.4) is 0 Å². The van der Waals surface area contributed by atoms with Crippen LogP contribution in [-0.4, -0.2) is 269 Å². The first-order valence-corrected chi connectivity index (χ1v) is 45.6. The van der Waals surface area contributed by atoms with E-state index in [1.54, 1.807) is 58.8 Å². The summed E-state index contributed by atoms with van der Waals surface area (Å²) >= 11 is 0. The third-order valence-corrected chi connectivity index (χ3v) is 34.2. The second-order valence-electron chi connectivity index (χ2n) is 26.5. The molecule has 12 unspecified atom stereocenters. The molecule has 0 bridgehead atoms. The van der Waals surface area contributed by atoms with Gasteiger partial charge in [-0.15, -0.1) is 0 Å². The molecule has 7 rings (SSSR count). The van der Waals surface area contributed by atoms with Crippen molar-refractivity contribution in [2.24, 2.45) is 0 Å². The van der Waals surface area contributed by atoms with E-state index in [0.717, 1.165) is 6.54 Å². The minimum atomic E-state index is -3.34. The lowest BCUT2D eigenvalue weighted by molar-refractivity contribution is -0.0864. The van der Waals surface area contributed by atoms with Crippen LogP contribution in [0.4, 0.5) is 0 Å². The van der Waals surface area contributed by atoms with Crippen molar-refractivity contribution < 1.29 is 99.5 Å². The average molecular weight is 1370 g/mol. The van der Waals surface area contributed by atoms with Crippen LogP contribution in [0.25, 0.3) is 0 Å². The number of likely N-dealkylation sites (N-methyl/N-ethyl adjacent to an activating group) is 1. The number of ether oxygens (including phenoxy) is 7. The van der Waals surface area contributed by atoms with Crippen molar-refractivity contribution in [3.05, 3.63) is 0 Å². The summed E-state index contributed by atoms with van der Waals surface area (Å²) < 4.78 is 204. The molecule has 31 heteroatoms. The van der Waals surface area contributed by atoms with Crippen LogP contribution >= 0.6 is 51.9 Å². The molecule has 0 aromatic rings. The lowest BCUT2D eigenvalue weighted by Gasteiger charge is -2.40. The molecule has 0 radical (unpaired) electrons. The van der Waals surface area contributed by atoms with Crippen molar-refractivity contribution in [2.45, 2.75) is 200 Å². The molecule has 86 heavy (non-hydrogen) atoms. The zero-order chi connectivity index (χ0) is 65.0. The summed E-state index contributed by atoms with van der Waals surface area (Å²) in [6, 6.07) is 0. The number of hydrogen-bond donors (Lipinski definition) is 0. The van der Waals surface area contributed by atoms with Gasteiger partial charge in [0.15, 0.2) is 0 Å². The molecule has 7 fully saturated rings. The highest BCUT2D eigenvalue weighted by Crippen LogP contribution is 2.60. The Kier molecular flexibility index (Phi) is 26.2. The van der Waals surface area contributed by atoms with E-state index in [2.05, 4.69) is 4.90 Å². The van der Waals surface area contributed by atoms with Crippen molar-refractivity contribution in [3.63, 3.8) is 0 Å². The fraction of sp³-hybridized carbons (Fsp3) is 1.00. The molecule has 0 aliphatic carbocycles. The molecule has 0 spiro atoms. The van der Waals surface area contributed by atoms with Crippen molar-refractivity contribution in [2.75, 3.05) is 153 Å². The normalized spacial score (nSPS) is 41.8. The molecule has 504 valence electrons. The Labute approximate surface area is 517 Å². The Bertz CT molecular complexity index is 2610. The van der Waals surface area contributed by atoms with E-state index >= 15 is 0 Å². The van der Waals surface area contributed by atoms with Gasteiger partial charge in [-0.05, 0) is 120 Å². The molecule has 24 nitrogen and oxygen atoms in total. The first-order valence-electron chi connectivity index (χ1n) is 32.0. The SMILES string of the molecule is [3H][C@@H]1CN(P(C)(=O)OC[C@@H]2CN(C)C[C@H](C)O2)C[C@@H](COP(C)(=O)C2C[C@@H](COP(C)(=O)C3C[C@@H](COP(C)(=O)C4C[C@@H](COP(C)(=O)C5C[C@@H](COP(C)(=O)C6C[C@@H](COP(C)(=O)N(C)C)O[C@@H]([3H])C6)O[C@@H](C)C5)O[C@@H](C)C4)O[C@@H](C)C3)O[C@@H](C)C2)O1. The lowest BCUT2D eigenvalue weighted by atomic mass is 10.0. The zero-order valence-electron chi connectivity index (χ0n) is 55.9. The molecule has 7 aliphatic heterocycles. The van der Waals surface area contributed by atoms with Gasteiger partial charge in [0.2, 0.25) is 36.8 Å². The molecule has 7 aliphatic rings. The summed E-state index contributed by atoms with van der Waals surface area (Å²) in [7, 11) is -17.6. The highest BCUT2D eigenvalue weighted by Gasteiger charge is 2.46.